The van der Waals surface area contributed by atoms with E-state index in [9.17, 15) is 4.79 Å². The number of carbonyl (C=O) groups is 1. The maximum absolute atomic E-state index is 11.9. The minimum absolute atomic E-state index is 0. The van der Waals surface area contributed by atoms with Crippen molar-refractivity contribution in [3.63, 3.8) is 0 Å². The Morgan fingerprint density at radius 3 is 2.55 bits per heavy atom. The molecule has 0 bridgehead atoms. The van der Waals surface area contributed by atoms with Crippen molar-refractivity contribution in [3.05, 3.63) is 66.0 Å². The molecule has 1 aromatic heterocycles. The molecule has 8 nitrogen and oxygen atoms in total. The summed E-state index contributed by atoms with van der Waals surface area (Å²) >= 11 is 0. The number of benzene rings is 2. The monoisotopic (exact) mass is 531 g/mol. The number of anilines is 1. The van der Waals surface area contributed by atoms with Crippen LogP contribution in [0.5, 0.6) is 0 Å². The van der Waals surface area contributed by atoms with Crippen molar-refractivity contribution >= 4 is 41.5 Å². The van der Waals surface area contributed by atoms with Crippen molar-refractivity contribution in [2.75, 3.05) is 18.5 Å². The number of hydrogen-bond acceptors (Lipinski definition) is 4. The number of carbonyl (C=O) groups excluding carboxylic acids is 1. The van der Waals surface area contributed by atoms with Crippen LogP contribution in [0.2, 0.25) is 0 Å². The SMILES string of the molecule is CN=C(NCc1ccc(N2CCCC2=O)cc1)NCc1cccc(-c2ncn[nH]2)c1.I. The molecule has 0 saturated carbocycles. The molecule has 162 valence electrons. The summed E-state index contributed by atoms with van der Waals surface area (Å²) < 4.78 is 0. The number of H-pyrrole nitrogens is 1. The molecule has 0 radical (unpaired) electrons. The van der Waals surface area contributed by atoms with Crippen LogP contribution in [-0.2, 0) is 17.9 Å². The third kappa shape index (κ3) is 5.81. The molecule has 9 heteroatoms. The average Bonchev–Trinajstić information content (AvgIpc) is 3.47. The molecule has 2 heterocycles. The molecule has 0 unspecified atom stereocenters. The second-order valence-corrected chi connectivity index (χ2v) is 7.13. The van der Waals surface area contributed by atoms with E-state index in [2.05, 4.69) is 42.9 Å². The molecule has 31 heavy (non-hydrogen) atoms. The van der Waals surface area contributed by atoms with Gasteiger partial charge in [0.05, 0.1) is 0 Å². The van der Waals surface area contributed by atoms with Gasteiger partial charge in [-0.25, -0.2) is 4.98 Å². The van der Waals surface area contributed by atoms with Gasteiger partial charge in [-0.2, -0.15) is 5.10 Å². The molecular formula is C22H26IN7O. The summed E-state index contributed by atoms with van der Waals surface area (Å²) in [4.78, 5) is 22.2. The van der Waals surface area contributed by atoms with Crippen LogP contribution in [0.4, 0.5) is 5.69 Å². The fourth-order valence-corrected chi connectivity index (χ4v) is 3.48. The molecule has 3 N–H and O–H groups in total. The van der Waals surface area contributed by atoms with Crippen molar-refractivity contribution in [1.82, 2.24) is 25.8 Å². The normalized spacial score (nSPS) is 13.8. The topological polar surface area (TPSA) is 98.3 Å². The third-order valence-corrected chi connectivity index (χ3v) is 5.08. The van der Waals surface area contributed by atoms with Gasteiger partial charge < -0.3 is 15.5 Å². The number of amides is 1. The van der Waals surface area contributed by atoms with Crippen LogP contribution in [0.3, 0.4) is 0 Å². The van der Waals surface area contributed by atoms with Crippen molar-refractivity contribution in [2.45, 2.75) is 25.9 Å². The standard InChI is InChI=1S/C22H25N7O.HI/c1-23-22(25-14-17-4-2-5-18(12-17)21-26-15-27-28-21)24-13-16-7-9-19(10-8-16)29-11-3-6-20(29)30;/h2,4-5,7-10,12,15H,3,6,11,13-14H2,1H3,(H2,23,24,25)(H,26,27,28);1H. The molecule has 1 fully saturated rings. The predicted molar refractivity (Wildman–Crippen MR) is 132 cm³/mol. The lowest BCUT2D eigenvalue weighted by Gasteiger charge is -2.16. The van der Waals surface area contributed by atoms with E-state index >= 15 is 0 Å². The Kier molecular flexibility index (Phi) is 7.99. The summed E-state index contributed by atoms with van der Waals surface area (Å²) in [7, 11) is 1.75. The highest BCUT2D eigenvalue weighted by molar-refractivity contribution is 14.0. The fourth-order valence-electron chi connectivity index (χ4n) is 3.48. The van der Waals surface area contributed by atoms with Crippen LogP contribution in [0.15, 0.2) is 59.9 Å². The predicted octanol–water partition coefficient (Wildman–Crippen LogP) is 3.08. The maximum Gasteiger partial charge on any atom is 0.227 e. The van der Waals surface area contributed by atoms with Gasteiger partial charge in [-0.1, -0.05) is 30.3 Å². The molecule has 0 atom stereocenters. The van der Waals surface area contributed by atoms with Crippen LogP contribution < -0.4 is 15.5 Å². The molecular weight excluding hydrogens is 505 g/mol. The van der Waals surface area contributed by atoms with Gasteiger partial charge in [-0.05, 0) is 35.7 Å². The molecule has 3 aromatic rings. The molecule has 0 aliphatic carbocycles. The Hall–Kier alpha value is -2.95. The first-order valence-corrected chi connectivity index (χ1v) is 10.0. The molecule has 2 aromatic carbocycles. The first-order valence-electron chi connectivity index (χ1n) is 10.0. The summed E-state index contributed by atoms with van der Waals surface area (Å²) in [6.07, 6.45) is 3.08. The lowest BCUT2D eigenvalue weighted by Crippen LogP contribution is -2.36. The molecule has 1 aliphatic heterocycles. The first-order chi connectivity index (χ1) is 14.7. The second kappa shape index (κ2) is 10.9. The lowest BCUT2D eigenvalue weighted by molar-refractivity contribution is -0.117. The van der Waals surface area contributed by atoms with Crippen LogP contribution in [-0.4, -0.2) is 40.6 Å². The Labute approximate surface area is 198 Å². The highest BCUT2D eigenvalue weighted by Crippen LogP contribution is 2.21. The van der Waals surface area contributed by atoms with E-state index in [0.29, 0.717) is 19.5 Å². The largest absolute Gasteiger partial charge is 0.352 e. The van der Waals surface area contributed by atoms with Gasteiger partial charge in [0.25, 0.3) is 0 Å². The summed E-state index contributed by atoms with van der Waals surface area (Å²) in [5, 5.41) is 13.4. The summed E-state index contributed by atoms with van der Waals surface area (Å²) in [6, 6.07) is 16.2. The molecule has 1 aliphatic rings. The van der Waals surface area contributed by atoms with E-state index in [1.54, 1.807) is 7.05 Å². The minimum Gasteiger partial charge on any atom is -0.352 e. The van der Waals surface area contributed by atoms with Crippen molar-refractivity contribution in [1.29, 1.82) is 0 Å². The van der Waals surface area contributed by atoms with Gasteiger partial charge in [0.15, 0.2) is 11.8 Å². The Morgan fingerprint density at radius 1 is 1.13 bits per heavy atom. The van der Waals surface area contributed by atoms with E-state index in [0.717, 1.165) is 47.1 Å². The van der Waals surface area contributed by atoms with E-state index < -0.39 is 0 Å². The van der Waals surface area contributed by atoms with Gasteiger partial charge in [-0.15, -0.1) is 24.0 Å². The average molecular weight is 531 g/mol. The first kappa shape index (κ1) is 22.7. The van der Waals surface area contributed by atoms with E-state index in [4.69, 9.17) is 0 Å². The van der Waals surface area contributed by atoms with Gasteiger partial charge in [0.2, 0.25) is 5.91 Å². The number of hydrogen-bond donors (Lipinski definition) is 3. The van der Waals surface area contributed by atoms with E-state index in [1.165, 1.54) is 6.33 Å². The van der Waals surface area contributed by atoms with Gasteiger partial charge in [0, 0.05) is 44.4 Å². The number of aliphatic imine (C=N–C) groups is 1. The summed E-state index contributed by atoms with van der Waals surface area (Å²) in [5.41, 5.74) is 4.20. The molecule has 1 saturated heterocycles. The maximum atomic E-state index is 11.9. The smallest absolute Gasteiger partial charge is 0.227 e. The van der Waals surface area contributed by atoms with Crippen molar-refractivity contribution in [3.8, 4) is 11.4 Å². The zero-order valence-corrected chi connectivity index (χ0v) is 19.7. The number of aromatic amines is 1. The third-order valence-electron chi connectivity index (χ3n) is 5.08. The number of halogens is 1. The van der Waals surface area contributed by atoms with Gasteiger partial charge in [0.1, 0.15) is 6.33 Å². The van der Waals surface area contributed by atoms with Crippen LogP contribution >= 0.6 is 24.0 Å². The number of nitrogens with one attached hydrogen (secondary N) is 3. The quantitative estimate of drug-likeness (QED) is 0.258. The molecule has 4 rings (SSSR count). The fraction of sp³-hybridized carbons (Fsp3) is 0.273. The van der Waals surface area contributed by atoms with Crippen LogP contribution in [0.25, 0.3) is 11.4 Å². The number of aromatic nitrogens is 3. The lowest BCUT2D eigenvalue weighted by atomic mass is 10.1. The van der Waals surface area contributed by atoms with Gasteiger partial charge >= 0.3 is 0 Å². The minimum atomic E-state index is 0. The van der Waals surface area contributed by atoms with E-state index in [1.807, 2.05) is 41.3 Å². The summed E-state index contributed by atoms with van der Waals surface area (Å²) in [5.74, 6) is 1.68. The zero-order chi connectivity index (χ0) is 20.8. The van der Waals surface area contributed by atoms with Crippen LogP contribution in [0, 0.1) is 0 Å². The second-order valence-electron chi connectivity index (χ2n) is 7.13. The molecule has 0 spiro atoms. The highest BCUT2D eigenvalue weighted by atomic mass is 127. The Morgan fingerprint density at radius 2 is 1.90 bits per heavy atom. The Balaban J connectivity index is 0.00000272. The number of guanidine groups is 1. The highest BCUT2D eigenvalue weighted by Gasteiger charge is 2.21. The summed E-state index contributed by atoms with van der Waals surface area (Å²) in [6.45, 7) is 2.09. The van der Waals surface area contributed by atoms with Crippen molar-refractivity contribution in [2.24, 2.45) is 4.99 Å². The number of rotatable bonds is 6. The Bertz CT molecular complexity index is 1020. The van der Waals surface area contributed by atoms with Crippen molar-refractivity contribution < 1.29 is 4.79 Å². The van der Waals surface area contributed by atoms with Crippen LogP contribution in [0.1, 0.15) is 24.0 Å². The zero-order valence-electron chi connectivity index (χ0n) is 17.3. The van der Waals surface area contributed by atoms with Gasteiger partial charge in [-0.3, -0.25) is 14.9 Å². The van der Waals surface area contributed by atoms with E-state index in [-0.39, 0.29) is 29.9 Å². The molecule has 1 amide bonds. The number of nitrogens with zero attached hydrogens (tertiary/aromatic N) is 4.